The first kappa shape index (κ1) is 24.1. The molecule has 0 unspecified atom stereocenters. The molecule has 0 saturated carbocycles. The van der Waals surface area contributed by atoms with E-state index in [0.717, 1.165) is 0 Å². The number of hydrogen-bond acceptors (Lipinski definition) is 1. The average molecular weight is 188 g/mol. The van der Waals surface area contributed by atoms with Crippen LogP contribution in [0.15, 0.2) is 0 Å². The van der Waals surface area contributed by atoms with E-state index in [2.05, 4.69) is 0 Å². The number of rotatable bonds is 0. The van der Waals surface area contributed by atoms with Gasteiger partial charge in [0, 0.05) is 19.5 Å². The Balaban J connectivity index is -0.0000000150. The monoisotopic (exact) mass is 186 g/mol. The topological polar surface area (TPSA) is 57.5 Å². The first-order valence-corrected chi connectivity index (χ1v) is 0.651. The number of hydrogen-bond donors (Lipinski definition) is 2. The molecule has 0 heterocycles. The van der Waals surface area contributed by atoms with Gasteiger partial charge in [0.2, 0.25) is 0 Å². The maximum Gasteiger partial charge on any atom is 0 e. The zero-order valence-electron chi connectivity index (χ0n) is 2.92. The SMILES string of the molecule is Cl.O=C(O)O.[NaH].[Zn]. The van der Waals surface area contributed by atoms with E-state index < -0.39 is 6.16 Å². The fourth-order valence-electron chi connectivity index (χ4n) is 0. The molecule has 0 spiro atoms. The van der Waals surface area contributed by atoms with Crippen molar-refractivity contribution in [3.05, 3.63) is 0 Å². The maximum atomic E-state index is 8.56. The van der Waals surface area contributed by atoms with Gasteiger partial charge in [0.25, 0.3) is 0 Å². The van der Waals surface area contributed by atoms with Crippen LogP contribution < -0.4 is 0 Å². The van der Waals surface area contributed by atoms with Crippen molar-refractivity contribution in [2.45, 2.75) is 0 Å². The second-order valence-electron chi connectivity index (χ2n) is 0.283. The molecule has 0 amide bonds. The molecule has 0 aliphatic carbocycles. The molecule has 3 nitrogen and oxygen atoms in total. The third-order valence-corrected chi connectivity index (χ3v) is 0. The van der Waals surface area contributed by atoms with Gasteiger partial charge in [0.15, 0.2) is 0 Å². The minimum atomic E-state index is -1.83. The molecule has 7 heavy (non-hydrogen) atoms. The van der Waals surface area contributed by atoms with Gasteiger partial charge in [0.1, 0.15) is 0 Å². The molecule has 0 radical (unpaired) electrons. The van der Waals surface area contributed by atoms with Crippen LogP contribution in [0.4, 0.5) is 4.79 Å². The molecule has 6 heteroatoms. The first-order chi connectivity index (χ1) is 1.73. The van der Waals surface area contributed by atoms with Gasteiger partial charge in [-0.05, 0) is 0 Å². The number of carboxylic acid groups (broad SMARTS) is 2. The van der Waals surface area contributed by atoms with Crippen LogP contribution in [0.1, 0.15) is 0 Å². The predicted molar refractivity (Wildman–Crippen MR) is 25.1 cm³/mol. The number of carbonyl (C=O) groups is 1. The molecule has 0 rings (SSSR count). The normalized spacial score (nSPS) is 3.43. The van der Waals surface area contributed by atoms with Gasteiger partial charge in [0.05, 0.1) is 0 Å². The smallest absolute Gasteiger partial charge is 0 e. The van der Waals surface area contributed by atoms with Crippen LogP contribution in [0.3, 0.4) is 0 Å². The van der Waals surface area contributed by atoms with E-state index in [9.17, 15) is 0 Å². The second kappa shape index (κ2) is 15.7. The zero-order chi connectivity index (χ0) is 3.58. The Kier molecular flexibility index (Phi) is 54.1. The van der Waals surface area contributed by atoms with Crippen molar-refractivity contribution in [3.63, 3.8) is 0 Å². The van der Waals surface area contributed by atoms with Crippen LogP contribution in [-0.4, -0.2) is 45.9 Å². The quantitative estimate of drug-likeness (QED) is 0.525. The standard InChI is InChI=1S/CH2O3.ClH.Na.Zn.H/c2-1(3)4;;;;/h(H2,2,3,4);1H;;;. The van der Waals surface area contributed by atoms with Crippen LogP contribution in [0.2, 0.25) is 0 Å². The van der Waals surface area contributed by atoms with E-state index in [4.69, 9.17) is 15.0 Å². The summed E-state index contributed by atoms with van der Waals surface area (Å²) in [5.41, 5.74) is 0. The summed E-state index contributed by atoms with van der Waals surface area (Å²) in [5, 5.41) is 13.9. The molecule has 0 fully saturated rings. The Morgan fingerprint density at radius 1 is 1.29 bits per heavy atom. The van der Waals surface area contributed by atoms with Crippen LogP contribution in [0, 0.1) is 0 Å². The summed E-state index contributed by atoms with van der Waals surface area (Å²) >= 11 is 0. The van der Waals surface area contributed by atoms with E-state index in [1.807, 2.05) is 0 Å². The van der Waals surface area contributed by atoms with Crippen molar-refractivity contribution in [1.29, 1.82) is 0 Å². The molecule has 36 valence electrons. The molecule has 0 atom stereocenters. The summed E-state index contributed by atoms with van der Waals surface area (Å²) in [4.78, 5) is 8.56. The van der Waals surface area contributed by atoms with Crippen LogP contribution in [0.25, 0.3) is 0 Å². The second-order valence-corrected chi connectivity index (χ2v) is 0.283. The van der Waals surface area contributed by atoms with Gasteiger partial charge >= 0.3 is 35.7 Å². The van der Waals surface area contributed by atoms with E-state index in [1.54, 1.807) is 0 Å². The van der Waals surface area contributed by atoms with Gasteiger partial charge < -0.3 is 10.2 Å². The summed E-state index contributed by atoms with van der Waals surface area (Å²) in [6.07, 6.45) is -1.83. The zero-order valence-corrected chi connectivity index (χ0v) is 6.70. The Morgan fingerprint density at radius 2 is 1.29 bits per heavy atom. The third-order valence-electron chi connectivity index (χ3n) is 0. The summed E-state index contributed by atoms with van der Waals surface area (Å²) in [6.45, 7) is 0. The predicted octanol–water partition coefficient (Wildman–Crippen LogP) is -0.00680. The molecular weight excluding hydrogens is 184 g/mol. The van der Waals surface area contributed by atoms with Gasteiger partial charge in [-0.3, -0.25) is 0 Å². The molecule has 0 aromatic rings. The minimum absolute atomic E-state index is 0. The van der Waals surface area contributed by atoms with Crippen LogP contribution >= 0.6 is 12.4 Å². The van der Waals surface area contributed by atoms with Crippen molar-refractivity contribution in [1.82, 2.24) is 0 Å². The van der Waals surface area contributed by atoms with Crippen molar-refractivity contribution in [3.8, 4) is 0 Å². The molecule has 0 aromatic heterocycles. The first-order valence-electron chi connectivity index (χ1n) is 0.651. The fourth-order valence-corrected chi connectivity index (χ4v) is 0. The number of halogens is 1. The van der Waals surface area contributed by atoms with Gasteiger partial charge in [-0.15, -0.1) is 12.4 Å². The third kappa shape index (κ3) is 138. The minimum Gasteiger partial charge on any atom is 0 e. The van der Waals surface area contributed by atoms with Crippen molar-refractivity contribution >= 4 is 48.1 Å². The Morgan fingerprint density at radius 3 is 1.29 bits per heavy atom. The Labute approximate surface area is 81.9 Å². The van der Waals surface area contributed by atoms with E-state index in [0.29, 0.717) is 0 Å². The molecule has 0 aliphatic rings. The van der Waals surface area contributed by atoms with Crippen LogP contribution in [-0.2, 0) is 19.5 Å². The molecule has 0 bridgehead atoms. The van der Waals surface area contributed by atoms with Gasteiger partial charge in [-0.1, -0.05) is 0 Å². The maximum absolute atomic E-state index is 8.56. The van der Waals surface area contributed by atoms with Crippen molar-refractivity contribution < 1.29 is 34.5 Å². The average Bonchev–Trinajstić information content (AvgIpc) is 0.811. The summed E-state index contributed by atoms with van der Waals surface area (Å²) < 4.78 is 0. The van der Waals surface area contributed by atoms with Gasteiger partial charge in [-0.25, -0.2) is 4.79 Å². The molecule has 2 N–H and O–H groups in total. The summed E-state index contributed by atoms with van der Waals surface area (Å²) in [6, 6.07) is 0. The molecular formula is CH4ClNaO3Zn. The fraction of sp³-hybridized carbons (Fsp3) is 0. The van der Waals surface area contributed by atoms with Gasteiger partial charge in [-0.2, -0.15) is 0 Å². The molecule has 0 aliphatic heterocycles. The van der Waals surface area contributed by atoms with Crippen molar-refractivity contribution in [2.24, 2.45) is 0 Å². The Hall–Kier alpha value is 1.18. The van der Waals surface area contributed by atoms with E-state index >= 15 is 0 Å². The Bertz CT molecular complexity index is 37.9. The van der Waals surface area contributed by atoms with Crippen LogP contribution in [0.5, 0.6) is 0 Å². The van der Waals surface area contributed by atoms with Crippen molar-refractivity contribution in [2.75, 3.05) is 0 Å². The largest absolute Gasteiger partial charge is 0 e. The van der Waals surface area contributed by atoms with E-state index in [-0.39, 0.29) is 61.4 Å². The van der Waals surface area contributed by atoms with E-state index in [1.165, 1.54) is 0 Å². The summed E-state index contributed by atoms with van der Waals surface area (Å²) in [7, 11) is 0. The summed E-state index contributed by atoms with van der Waals surface area (Å²) in [5.74, 6) is 0. The molecule has 0 aromatic carbocycles. The molecule has 0 saturated heterocycles.